The fourth-order valence-corrected chi connectivity index (χ4v) is 1.31. The van der Waals surface area contributed by atoms with Crippen molar-refractivity contribution in [3.8, 4) is 0 Å². The fraction of sp³-hybridized carbons (Fsp3) is 0.333. The SMILES string of the molecule is C=C(CNC)Cn1cc(Cl)c(=O)[nH]c1=O. The van der Waals surface area contributed by atoms with Crippen LogP contribution in [0.25, 0.3) is 0 Å². The first-order valence-corrected chi connectivity index (χ1v) is 4.73. The normalized spacial score (nSPS) is 10.3. The van der Waals surface area contributed by atoms with Crippen molar-refractivity contribution in [3.63, 3.8) is 0 Å². The summed E-state index contributed by atoms with van der Waals surface area (Å²) in [6.45, 7) is 4.71. The zero-order valence-electron chi connectivity index (χ0n) is 8.34. The lowest BCUT2D eigenvalue weighted by atomic mass is 10.3. The Morgan fingerprint density at radius 3 is 2.93 bits per heavy atom. The maximum atomic E-state index is 11.3. The maximum Gasteiger partial charge on any atom is 0.328 e. The molecule has 0 bridgehead atoms. The van der Waals surface area contributed by atoms with Gasteiger partial charge in [0.25, 0.3) is 5.56 Å². The van der Waals surface area contributed by atoms with Crippen molar-refractivity contribution in [2.45, 2.75) is 6.54 Å². The highest BCUT2D eigenvalue weighted by molar-refractivity contribution is 6.30. The largest absolute Gasteiger partial charge is 0.328 e. The first-order valence-electron chi connectivity index (χ1n) is 4.35. The summed E-state index contributed by atoms with van der Waals surface area (Å²) in [5, 5.41) is 2.91. The van der Waals surface area contributed by atoms with Gasteiger partial charge in [0, 0.05) is 19.3 Å². The van der Waals surface area contributed by atoms with Gasteiger partial charge in [-0.05, 0) is 12.6 Å². The van der Waals surface area contributed by atoms with Crippen molar-refractivity contribution in [2.75, 3.05) is 13.6 Å². The number of nitrogens with zero attached hydrogens (tertiary/aromatic N) is 1. The topological polar surface area (TPSA) is 66.9 Å². The molecule has 0 aliphatic rings. The third-order valence-corrected chi connectivity index (χ3v) is 2.06. The Kier molecular flexibility index (Phi) is 3.88. The summed E-state index contributed by atoms with van der Waals surface area (Å²) in [4.78, 5) is 24.4. The predicted octanol–water partition coefficient (Wildman–Crippen LogP) is -0.0344. The summed E-state index contributed by atoms with van der Waals surface area (Å²) in [6, 6.07) is 0. The molecule has 2 N–H and O–H groups in total. The van der Waals surface area contributed by atoms with E-state index in [2.05, 4.69) is 16.9 Å². The smallest absolute Gasteiger partial charge is 0.316 e. The Morgan fingerprint density at radius 2 is 2.33 bits per heavy atom. The van der Waals surface area contributed by atoms with E-state index >= 15 is 0 Å². The number of hydrogen-bond acceptors (Lipinski definition) is 3. The number of halogens is 1. The molecule has 0 spiro atoms. The molecular formula is C9H12ClN3O2. The Morgan fingerprint density at radius 1 is 1.67 bits per heavy atom. The molecule has 0 unspecified atom stereocenters. The highest BCUT2D eigenvalue weighted by Gasteiger charge is 2.03. The molecule has 0 aliphatic heterocycles. The van der Waals surface area contributed by atoms with Crippen molar-refractivity contribution in [1.82, 2.24) is 14.9 Å². The molecule has 15 heavy (non-hydrogen) atoms. The van der Waals surface area contributed by atoms with Crippen molar-refractivity contribution in [3.05, 3.63) is 44.2 Å². The molecule has 1 aromatic rings. The quantitative estimate of drug-likeness (QED) is 0.713. The summed E-state index contributed by atoms with van der Waals surface area (Å²) in [6.07, 6.45) is 1.31. The molecule has 0 radical (unpaired) electrons. The average Bonchev–Trinajstić information content (AvgIpc) is 2.14. The van der Waals surface area contributed by atoms with Crippen LogP contribution in [-0.2, 0) is 6.54 Å². The number of aromatic amines is 1. The van der Waals surface area contributed by atoms with Gasteiger partial charge in [-0.3, -0.25) is 14.3 Å². The van der Waals surface area contributed by atoms with Gasteiger partial charge >= 0.3 is 5.69 Å². The highest BCUT2D eigenvalue weighted by Crippen LogP contribution is 1.98. The van der Waals surface area contributed by atoms with E-state index in [-0.39, 0.29) is 5.02 Å². The van der Waals surface area contributed by atoms with Gasteiger partial charge in [0.15, 0.2) is 0 Å². The van der Waals surface area contributed by atoms with E-state index in [1.807, 2.05) is 0 Å². The second-order valence-electron chi connectivity index (χ2n) is 3.14. The molecule has 0 aromatic carbocycles. The molecule has 0 fully saturated rings. The Hall–Kier alpha value is -1.33. The zero-order chi connectivity index (χ0) is 11.4. The van der Waals surface area contributed by atoms with Gasteiger partial charge in [-0.25, -0.2) is 4.79 Å². The molecule has 6 heteroatoms. The lowest BCUT2D eigenvalue weighted by Crippen LogP contribution is -2.31. The maximum absolute atomic E-state index is 11.3. The first-order chi connectivity index (χ1) is 7.04. The van der Waals surface area contributed by atoms with Crippen molar-refractivity contribution in [1.29, 1.82) is 0 Å². The lowest BCUT2D eigenvalue weighted by molar-refractivity contribution is 0.685. The van der Waals surface area contributed by atoms with E-state index in [0.717, 1.165) is 5.57 Å². The number of nitrogens with one attached hydrogen (secondary N) is 2. The third kappa shape index (κ3) is 3.07. The Balaban J connectivity index is 2.96. The summed E-state index contributed by atoms with van der Waals surface area (Å²) in [7, 11) is 1.79. The number of H-pyrrole nitrogens is 1. The van der Waals surface area contributed by atoms with Crippen LogP contribution in [-0.4, -0.2) is 23.1 Å². The summed E-state index contributed by atoms with van der Waals surface area (Å²) >= 11 is 5.60. The van der Waals surface area contributed by atoms with Crippen LogP contribution in [0.15, 0.2) is 27.9 Å². The highest BCUT2D eigenvalue weighted by atomic mass is 35.5. The predicted molar refractivity (Wildman–Crippen MR) is 59.4 cm³/mol. The molecule has 1 heterocycles. The number of aromatic nitrogens is 2. The fourth-order valence-electron chi connectivity index (χ4n) is 1.15. The molecule has 0 atom stereocenters. The van der Waals surface area contributed by atoms with Crippen LogP contribution in [0, 0.1) is 0 Å². The first kappa shape index (κ1) is 11.7. The minimum absolute atomic E-state index is 0.00754. The van der Waals surface area contributed by atoms with Crippen LogP contribution in [0.1, 0.15) is 0 Å². The van der Waals surface area contributed by atoms with Crippen LogP contribution in [0.5, 0.6) is 0 Å². The van der Waals surface area contributed by atoms with Gasteiger partial charge in [-0.2, -0.15) is 0 Å². The summed E-state index contributed by atoms with van der Waals surface area (Å²) < 4.78 is 1.31. The molecule has 0 saturated carbocycles. The Bertz CT molecular complexity index is 475. The van der Waals surface area contributed by atoms with Crippen LogP contribution in [0.4, 0.5) is 0 Å². The van der Waals surface area contributed by atoms with Crippen LogP contribution >= 0.6 is 11.6 Å². The average molecular weight is 230 g/mol. The van der Waals surface area contributed by atoms with Gasteiger partial charge in [-0.15, -0.1) is 0 Å². The van der Waals surface area contributed by atoms with Gasteiger partial charge in [0.2, 0.25) is 0 Å². The molecule has 0 aliphatic carbocycles. The molecular weight excluding hydrogens is 218 g/mol. The van der Waals surface area contributed by atoms with Crippen molar-refractivity contribution in [2.24, 2.45) is 0 Å². The van der Waals surface area contributed by atoms with Gasteiger partial charge < -0.3 is 5.32 Å². The van der Waals surface area contributed by atoms with Crippen molar-refractivity contribution < 1.29 is 0 Å². The zero-order valence-corrected chi connectivity index (χ0v) is 9.10. The van der Waals surface area contributed by atoms with E-state index in [9.17, 15) is 9.59 Å². The van der Waals surface area contributed by atoms with E-state index in [4.69, 9.17) is 11.6 Å². The second kappa shape index (κ2) is 4.95. The molecule has 82 valence electrons. The minimum Gasteiger partial charge on any atom is -0.316 e. The number of hydrogen-bond donors (Lipinski definition) is 2. The molecule has 1 rings (SSSR count). The van der Waals surface area contributed by atoms with E-state index in [1.54, 1.807) is 7.05 Å². The molecule has 0 saturated heterocycles. The lowest BCUT2D eigenvalue weighted by Gasteiger charge is -2.07. The monoisotopic (exact) mass is 229 g/mol. The molecule has 0 amide bonds. The van der Waals surface area contributed by atoms with Gasteiger partial charge in [-0.1, -0.05) is 18.2 Å². The second-order valence-corrected chi connectivity index (χ2v) is 3.55. The Labute approximate surface area is 91.4 Å². The van der Waals surface area contributed by atoms with Crippen LogP contribution in [0.2, 0.25) is 5.02 Å². The number of rotatable bonds is 4. The third-order valence-electron chi connectivity index (χ3n) is 1.79. The standard InChI is InChI=1S/C9H12ClN3O2/c1-6(3-11-2)4-13-5-7(10)8(14)12-9(13)15/h5,11H,1,3-4H2,2H3,(H,12,14,15). The summed E-state index contributed by atoms with van der Waals surface area (Å²) in [5.74, 6) is 0. The van der Waals surface area contributed by atoms with Crippen molar-refractivity contribution >= 4 is 11.6 Å². The minimum atomic E-state index is -0.572. The molecule has 1 aromatic heterocycles. The molecule has 5 nitrogen and oxygen atoms in total. The van der Waals surface area contributed by atoms with E-state index < -0.39 is 11.2 Å². The van der Waals surface area contributed by atoms with E-state index in [1.165, 1.54) is 10.8 Å². The van der Waals surface area contributed by atoms with E-state index in [0.29, 0.717) is 13.1 Å². The summed E-state index contributed by atoms with van der Waals surface area (Å²) in [5.41, 5.74) is -0.235. The number of likely N-dealkylation sites (N-methyl/N-ethyl adjacent to an activating group) is 1. The van der Waals surface area contributed by atoms with Crippen LogP contribution in [0.3, 0.4) is 0 Å². The van der Waals surface area contributed by atoms with Crippen LogP contribution < -0.4 is 16.6 Å². The van der Waals surface area contributed by atoms with Gasteiger partial charge in [0.1, 0.15) is 5.02 Å². The van der Waals surface area contributed by atoms with Gasteiger partial charge in [0.05, 0.1) is 0 Å².